The molecular formula is C12H19BrN2O2. The van der Waals surface area contributed by atoms with E-state index in [1.807, 2.05) is 18.2 Å². The van der Waals surface area contributed by atoms with Crippen LogP contribution in [0.15, 0.2) is 22.7 Å². The summed E-state index contributed by atoms with van der Waals surface area (Å²) in [6, 6.07) is 6.02. The molecule has 0 spiro atoms. The fourth-order valence-electron chi connectivity index (χ4n) is 1.73. The summed E-state index contributed by atoms with van der Waals surface area (Å²) in [5, 5.41) is 0. The van der Waals surface area contributed by atoms with Crippen molar-refractivity contribution in [1.82, 2.24) is 5.43 Å². The summed E-state index contributed by atoms with van der Waals surface area (Å²) in [5.41, 5.74) is 3.88. The van der Waals surface area contributed by atoms with Crippen LogP contribution in [0, 0.1) is 0 Å². The summed E-state index contributed by atoms with van der Waals surface area (Å²) in [6.07, 6.45) is 1.85. The summed E-state index contributed by atoms with van der Waals surface area (Å²) in [5.74, 6) is 6.42. The van der Waals surface area contributed by atoms with Crippen molar-refractivity contribution in [1.29, 1.82) is 0 Å². The van der Waals surface area contributed by atoms with E-state index in [2.05, 4.69) is 21.4 Å². The number of nitrogens with one attached hydrogen (secondary N) is 1. The summed E-state index contributed by atoms with van der Waals surface area (Å²) in [6.45, 7) is 0.733. The molecule has 96 valence electrons. The fourth-order valence-corrected chi connectivity index (χ4v) is 2.07. The van der Waals surface area contributed by atoms with Gasteiger partial charge in [0.25, 0.3) is 0 Å². The topological polar surface area (TPSA) is 56.5 Å². The Morgan fingerprint density at radius 3 is 2.76 bits per heavy atom. The van der Waals surface area contributed by atoms with Gasteiger partial charge in [0.1, 0.15) is 5.75 Å². The van der Waals surface area contributed by atoms with Crippen LogP contribution in [0.25, 0.3) is 0 Å². The van der Waals surface area contributed by atoms with Crippen LogP contribution < -0.4 is 16.0 Å². The van der Waals surface area contributed by atoms with Crippen LogP contribution in [-0.4, -0.2) is 20.8 Å². The van der Waals surface area contributed by atoms with Crippen LogP contribution in [0.5, 0.6) is 5.75 Å². The maximum atomic E-state index is 5.59. The Kier molecular flexibility index (Phi) is 6.50. The van der Waals surface area contributed by atoms with Crippen LogP contribution in [0.4, 0.5) is 0 Å². The molecule has 0 aliphatic heterocycles. The Morgan fingerprint density at radius 2 is 2.18 bits per heavy atom. The molecule has 17 heavy (non-hydrogen) atoms. The number of benzene rings is 1. The van der Waals surface area contributed by atoms with Crippen molar-refractivity contribution in [3.8, 4) is 5.75 Å². The summed E-state index contributed by atoms with van der Waals surface area (Å²) >= 11 is 3.42. The first-order valence-corrected chi connectivity index (χ1v) is 6.30. The van der Waals surface area contributed by atoms with Crippen molar-refractivity contribution >= 4 is 15.9 Å². The molecule has 1 atom stereocenters. The molecule has 1 aromatic carbocycles. The minimum absolute atomic E-state index is 0.0770. The Balaban J connectivity index is 2.79. The van der Waals surface area contributed by atoms with Gasteiger partial charge in [-0.3, -0.25) is 11.3 Å². The highest BCUT2D eigenvalue weighted by Crippen LogP contribution is 2.30. The minimum atomic E-state index is 0.0770. The first-order valence-electron chi connectivity index (χ1n) is 5.51. The molecule has 0 aromatic heterocycles. The van der Waals surface area contributed by atoms with Gasteiger partial charge < -0.3 is 9.47 Å². The van der Waals surface area contributed by atoms with Crippen molar-refractivity contribution < 1.29 is 9.47 Å². The third kappa shape index (κ3) is 4.27. The number of halogens is 1. The molecule has 1 rings (SSSR count). The largest absolute Gasteiger partial charge is 0.496 e. The molecule has 0 heterocycles. The molecule has 4 nitrogen and oxygen atoms in total. The summed E-state index contributed by atoms with van der Waals surface area (Å²) < 4.78 is 11.4. The number of hydrazine groups is 1. The highest BCUT2D eigenvalue weighted by atomic mass is 79.9. The lowest BCUT2D eigenvalue weighted by Crippen LogP contribution is -2.28. The Hall–Kier alpha value is -0.620. The average Bonchev–Trinajstić information content (AvgIpc) is 2.35. The lowest BCUT2D eigenvalue weighted by molar-refractivity contribution is 0.188. The summed E-state index contributed by atoms with van der Waals surface area (Å²) in [4.78, 5) is 0. The molecule has 1 unspecified atom stereocenters. The van der Waals surface area contributed by atoms with Gasteiger partial charge in [-0.1, -0.05) is 22.0 Å². The van der Waals surface area contributed by atoms with E-state index in [4.69, 9.17) is 15.3 Å². The van der Waals surface area contributed by atoms with Gasteiger partial charge in [-0.25, -0.2) is 0 Å². The normalized spacial score (nSPS) is 12.5. The number of hydrogen-bond donors (Lipinski definition) is 2. The minimum Gasteiger partial charge on any atom is -0.496 e. The number of methoxy groups -OCH3 is 2. The van der Waals surface area contributed by atoms with Gasteiger partial charge in [-0.2, -0.15) is 0 Å². The predicted octanol–water partition coefficient (Wildman–Crippen LogP) is 2.39. The standard InChI is InChI=1S/C12H19BrN2O2/c1-16-7-3-4-11(15-14)10-6-5-9(13)8-12(10)17-2/h5-6,8,11,15H,3-4,7,14H2,1-2H3. The number of nitrogens with two attached hydrogens (primary N) is 1. The van der Waals surface area contributed by atoms with Crippen molar-refractivity contribution in [2.24, 2.45) is 5.84 Å². The second-order valence-corrected chi connectivity index (χ2v) is 4.66. The average molecular weight is 303 g/mol. The van der Waals surface area contributed by atoms with E-state index in [1.54, 1.807) is 14.2 Å². The third-order valence-electron chi connectivity index (χ3n) is 2.61. The van der Waals surface area contributed by atoms with E-state index < -0.39 is 0 Å². The zero-order chi connectivity index (χ0) is 12.7. The van der Waals surface area contributed by atoms with E-state index in [0.717, 1.165) is 35.2 Å². The molecule has 5 heteroatoms. The lowest BCUT2D eigenvalue weighted by Gasteiger charge is -2.19. The Morgan fingerprint density at radius 1 is 1.41 bits per heavy atom. The molecule has 0 radical (unpaired) electrons. The third-order valence-corrected chi connectivity index (χ3v) is 3.11. The molecule has 0 aliphatic rings. The lowest BCUT2D eigenvalue weighted by atomic mass is 10.0. The van der Waals surface area contributed by atoms with Crippen LogP contribution in [-0.2, 0) is 4.74 Å². The van der Waals surface area contributed by atoms with E-state index in [-0.39, 0.29) is 6.04 Å². The maximum absolute atomic E-state index is 5.59. The molecule has 0 fully saturated rings. The Bertz CT molecular complexity index is 347. The predicted molar refractivity (Wildman–Crippen MR) is 71.9 cm³/mol. The van der Waals surface area contributed by atoms with Crippen molar-refractivity contribution in [2.75, 3.05) is 20.8 Å². The van der Waals surface area contributed by atoms with Gasteiger partial charge >= 0.3 is 0 Å². The second kappa shape index (κ2) is 7.66. The van der Waals surface area contributed by atoms with Gasteiger partial charge in [0, 0.05) is 29.8 Å². The molecule has 3 N–H and O–H groups in total. The van der Waals surface area contributed by atoms with E-state index in [0.29, 0.717) is 0 Å². The van der Waals surface area contributed by atoms with E-state index in [1.165, 1.54) is 0 Å². The van der Waals surface area contributed by atoms with E-state index >= 15 is 0 Å². The molecular weight excluding hydrogens is 284 g/mol. The molecule has 0 saturated heterocycles. The van der Waals surface area contributed by atoms with E-state index in [9.17, 15) is 0 Å². The van der Waals surface area contributed by atoms with Crippen LogP contribution in [0.1, 0.15) is 24.4 Å². The van der Waals surface area contributed by atoms with Crippen molar-refractivity contribution in [3.05, 3.63) is 28.2 Å². The van der Waals surface area contributed by atoms with Crippen LogP contribution >= 0.6 is 15.9 Å². The smallest absolute Gasteiger partial charge is 0.124 e. The van der Waals surface area contributed by atoms with Crippen molar-refractivity contribution in [3.63, 3.8) is 0 Å². The van der Waals surface area contributed by atoms with Gasteiger partial charge in [-0.05, 0) is 25.0 Å². The number of rotatable bonds is 7. The number of ether oxygens (including phenoxy) is 2. The molecule has 0 aliphatic carbocycles. The Labute approximate surface area is 111 Å². The molecule has 1 aromatic rings. The van der Waals surface area contributed by atoms with Crippen LogP contribution in [0.3, 0.4) is 0 Å². The van der Waals surface area contributed by atoms with Crippen molar-refractivity contribution in [2.45, 2.75) is 18.9 Å². The van der Waals surface area contributed by atoms with Gasteiger partial charge in [0.05, 0.1) is 7.11 Å². The van der Waals surface area contributed by atoms with Gasteiger partial charge in [0.15, 0.2) is 0 Å². The molecule has 0 amide bonds. The summed E-state index contributed by atoms with van der Waals surface area (Å²) in [7, 11) is 3.36. The first kappa shape index (κ1) is 14.4. The quantitative estimate of drug-likeness (QED) is 0.461. The highest BCUT2D eigenvalue weighted by molar-refractivity contribution is 9.10. The highest BCUT2D eigenvalue weighted by Gasteiger charge is 2.14. The SMILES string of the molecule is COCCCC(NN)c1ccc(Br)cc1OC. The monoisotopic (exact) mass is 302 g/mol. The second-order valence-electron chi connectivity index (χ2n) is 3.74. The fraction of sp³-hybridized carbons (Fsp3) is 0.500. The van der Waals surface area contributed by atoms with Gasteiger partial charge in [-0.15, -0.1) is 0 Å². The maximum Gasteiger partial charge on any atom is 0.124 e. The number of hydrogen-bond acceptors (Lipinski definition) is 4. The van der Waals surface area contributed by atoms with Gasteiger partial charge in [0.2, 0.25) is 0 Å². The zero-order valence-corrected chi connectivity index (χ0v) is 11.8. The molecule has 0 bridgehead atoms. The molecule has 0 saturated carbocycles. The van der Waals surface area contributed by atoms with Crippen LogP contribution in [0.2, 0.25) is 0 Å². The first-order chi connectivity index (χ1) is 8.22. The zero-order valence-electron chi connectivity index (χ0n) is 10.2.